The topological polar surface area (TPSA) is 51.4 Å². The van der Waals surface area contributed by atoms with Gasteiger partial charge in [-0.05, 0) is 12.1 Å². The van der Waals surface area contributed by atoms with E-state index in [1.807, 2.05) is 35.9 Å². The molecule has 0 atom stereocenters. The van der Waals surface area contributed by atoms with Crippen LogP contribution in [-0.4, -0.2) is 20.1 Å². The first kappa shape index (κ1) is 14.8. The molecular formula is C16H19N2O3+. The highest BCUT2D eigenvalue weighted by Gasteiger charge is 2.14. The number of benzene rings is 1. The quantitative estimate of drug-likeness (QED) is 0.855. The number of carbonyl (C=O) groups is 1. The molecule has 110 valence electrons. The van der Waals surface area contributed by atoms with Gasteiger partial charge in [-0.1, -0.05) is 6.07 Å². The van der Waals surface area contributed by atoms with Gasteiger partial charge in [0.15, 0.2) is 11.9 Å². The van der Waals surface area contributed by atoms with Crippen molar-refractivity contribution < 1.29 is 18.8 Å². The van der Waals surface area contributed by atoms with Gasteiger partial charge < -0.3 is 14.8 Å². The number of methoxy groups -OCH3 is 2. The fraction of sp³-hybridized carbons (Fsp3) is 0.250. The summed E-state index contributed by atoms with van der Waals surface area (Å²) < 4.78 is 12.3. The molecule has 21 heavy (non-hydrogen) atoms. The fourth-order valence-electron chi connectivity index (χ4n) is 2.00. The number of aryl methyl sites for hydroxylation is 1. The van der Waals surface area contributed by atoms with Crippen molar-refractivity contribution in [1.29, 1.82) is 0 Å². The number of hydrogen-bond donors (Lipinski definition) is 1. The molecule has 0 unspecified atom stereocenters. The predicted octanol–water partition coefficient (Wildman–Crippen LogP) is 1.94. The second-order valence-corrected chi connectivity index (χ2v) is 4.58. The van der Waals surface area contributed by atoms with Gasteiger partial charge in [0.05, 0.1) is 19.9 Å². The molecule has 2 aromatic rings. The lowest BCUT2D eigenvalue weighted by atomic mass is 10.2. The molecule has 1 aromatic heterocycles. The van der Waals surface area contributed by atoms with E-state index in [0.717, 1.165) is 5.69 Å². The third-order valence-electron chi connectivity index (χ3n) is 3.16. The molecule has 0 spiro atoms. The van der Waals surface area contributed by atoms with Crippen LogP contribution >= 0.6 is 0 Å². The van der Waals surface area contributed by atoms with Crippen LogP contribution in [0.3, 0.4) is 0 Å². The zero-order chi connectivity index (χ0) is 15.2. The average molecular weight is 287 g/mol. The Kier molecular flexibility index (Phi) is 4.77. The Morgan fingerprint density at radius 3 is 2.67 bits per heavy atom. The Balaban J connectivity index is 2.14. The van der Waals surface area contributed by atoms with Gasteiger partial charge in [0, 0.05) is 25.1 Å². The number of carbonyl (C=O) groups excluding carboxylic acids is 1. The normalized spacial score (nSPS) is 10.0. The molecule has 0 radical (unpaired) electrons. The Morgan fingerprint density at radius 2 is 2.00 bits per heavy atom. The highest BCUT2D eigenvalue weighted by molar-refractivity contribution is 5.91. The van der Waals surface area contributed by atoms with Crippen LogP contribution in [0.25, 0.3) is 0 Å². The Morgan fingerprint density at radius 1 is 1.19 bits per heavy atom. The molecule has 2 rings (SSSR count). The molecule has 1 N–H and O–H groups in total. The molecule has 1 heterocycles. The van der Waals surface area contributed by atoms with Gasteiger partial charge in [-0.3, -0.25) is 4.79 Å². The van der Waals surface area contributed by atoms with E-state index < -0.39 is 0 Å². The second kappa shape index (κ2) is 6.74. The number of ether oxygens (including phenoxy) is 2. The van der Waals surface area contributed by atoms with Gasteiger partial charge in [0.25, 0.3) is 5.91 Å². The van der Waals surface area contributed by atoms with Crippen LogP contribution in [-0.2, 0) is 11.3 Å². The summed E-state index contributed by atoms with van der Waals surface area (Å²) in [7, 11) is 3.14. The molecule has 0 fully saturated rings. The zero-order valence-electron chi connectivity index (χ0n) is 12.4. The predicted molar refractivity (Wildman–Crippen MR) is 79.5 cm³/mol. The monoisotopic (exact) mass is 287 g/mol. The lowest BCUT2D eigenvalue weighted by molar-refractivity contribution is -0.690. The van der Waals surface area contributed by atoms with Gasteiger partial charge in [0.1, 0.15) is 11.5 Å². The molecule has 0 aliphatic heterocycles. The van der Waals surface area contributed by atoms with Crippen molar-refractivity contribution in [3.05, 3.63) is 48.3 Å². The van der Waals surface area contributed by atoms with E-state index in [1.165, 1.54) is 0 Å². The van der Waals surface area contributed by atoms with E-state index in [9.17, 15) is 4.79 Å². The molecule has 0 aliphatic carbocycles. The Bertz CT molecular complexity index is 641. The van der Waals surface area contributed by atoms with E-state index >= 15 is 0 Å². The zero-order valence-corrected chi connectivity index (χ0v) is 12.4. The van der Waals surface area contributed by atoms with Crippen molar-refractivity contribution in [2.45, 2.75) is 13.5 Å². The number of amides is 1. The minimum absolute atomic E-state index is 0.124. The Hall–Kier alpha value is -2.56. The minimum atomic E-state index is -0.124. The maximum absolute atomic E-state index is 12.2. The summed E-state index contributed by atoms with van der Waals surface area (Å²) in [5, 5.41) is 2.85. The van der Waals surface area contributed by atoms with E-state index in [0.29, 0.717) is 17.2 Å². The van der Waals surface area contributed by atoms with Crippen LogP contribution < -0.4 is 19.4 Å². The maximum atomic E-state index is 12.2. The van der Waals surface area contributed by atoms with E-state index in [2.05, 4.69) is 5.32 Å². The number of hydrogen-bond acceptors (Lipinski definition) is 3. The van der Waals surface area contributed by atoms with Gasteiger partial charge >= 0.3 is 0 Å². The van der Waals surface area contributed by atoms with Crippen LogP contribution in [0.2, 0.25) is 0 Å². The summed E-state index contributed by atoms with van der Waals surface area (Å²) in [4.78, 5) is 12.2. The third-order valence-corrected chi connectivity index (χ3v) is 3.16. The maximum Gasteiger partial charge on any atom is 0.290 e. The van der Waals surface area contributed by atoms with Crippen molar-refractivity contribution in [2.24, 2.45) is 0 Å². The van der Waals surface area contributed by atoms with Gasteiger partial charge in [-0.25, -0.2) is 0 Å². The van der Waals surface area contributed by atoms with Crippen LogP contribution in [0, 0.1) is 6.92 Å². The summed E-state index contributed by atoms with van der Waals surface area (Å²) in [5.41, 5.74) is 1.61. The molecule has 1 aromatic carbocycles. The van der Waals surface area contributed by atoms with Crippen LogP contribution in [0.4, 0.5) is 5.69 Å². The van der Waals surface area contributed by atoms with Crippen LogP contribution in [0.5, 0.6) is 11.5 Å². The Labute approximate surface area is 124 Å². The highest BCUT2D eigenvalue weighted by atomic mass is 16.5. The van der Waals surface area contributed by atoms with Crippen LogP contribution in [0.15, 0.2) is 42.6 Å². The van der Waals surface area contributed by atoms with E-state index in [4.69, 9.17) is 9.47 Å². The molecular weight excluding hydrogens is 268 g/mol. The molecule has 0 bridgehead atoms. The van der Waals surface area contributed by atoms with Gasteiger partial charge in [0.2, 0.25) is 6.54 Å². The molecule has 5 heteroatoms. The molecule has 1 amide bonds. The average Bonchev–Trinajstić information content (AvgIpc) is 2.49. The minimum Gasteiger partial charge on any atom is -0.497 e. The lowest BCUT2D eigenvalue weighted by Gasteiger charge is -2.11. The number of nitrogens with one attached hydrogen (secondary N) is 1. The number of aromatic nitrogens is 1. The van der Waals surface area contributed by atoms with Crippen LogP contribution in [0.1, 0.15) is 5.69 Å². The number of nitrogens with zero attached hydrogens (tertiary/aromatic N) is 1. The van der Waals surface area contributed by atoms with Crippen molar-refractivity contribution in [3.8, 4) is 11.5 Å². The third kappa shape index (κ3) is 3.72. The summed E-state index contributed by atoms with van der Waals surface area (Å²) in [5.74, 6) is 1.13. The summed E-state index contributed by atoms with van der Waals surface area (Å²) in [6, 6.07) is 11.1. The summed E-state index contributed by atoms with van der Waals surface area (Å²) in [6.07, 6.45) is 1.87. The second-order valence-electron chi connectivity index (χ2n) is 4.58. The molecule has 0 saturated carbocycles. The van der Waals surface area contributed by atoms with Crippen molar-refractivity contribution >= 4 is 11.6 Å². The summed E-state index contributed by atoms with van der Waals surface area (Å²) in [6.45, 7) is 2.20. The van der Waals surface area contributed by atoms with E-state index in [1.54, 1.807) is 32.4 Å². The number of anilines is 1. The van der Waals surface area contributed by atoms with Gasteiger partial charge in [-0.15, -0.1) is 0 Å². The van der Waals surface area contributed by atoms with Crippen molar-refractivity contribution in [3.63, 3.8) is 0 Å². The standard InChI is InChI=1S/C16H18N2O3/c1-12-6-4-5-9-18(12)11-16(19)17-14-10-13(20-2)7-8-15(14)21-3/h4-10H,11H2,1-3H3/p+1. The smallest absolute Gasteiger partial charge is 0.290 e. The highest BCUT2D eigenvalue weighted by Crippen LogP contribution is 2.28. The lowest BCUT2D eigenvalue weighted by Crippen LogP contribution is -2.42. The van der Waals surface area contributed by atoms with Gasteiger partial charge in [-0.2, -0.15) is 4.57 Å². The molecule has 0 saturated heterocycles. The largest absolute Gasteiger partial charge is 0.497 e. The SMILES string of the molecule is COc1ccc(OC)c(NC(=O)C[n+]2ccccc2C)c1. The first-order valence-corrected chi connectivity index (χ1v) is 6.61. The fourth-order valence-corrected chi connectivity index (χ4v) is 2.00. The first-order valence-electron chi connectivity index (χ1n) is 6.61. The first-order chi connectivity index (χ1) is 10.1. The number of pyridine rings is 1. The molecule has 0 aliphatic rings. The number of rotatable bonds is 5. The van der Waals surface area contributed by atoms with Crippen molar-refractivity contribution in [2.75, 3.05) is 19.5 Å². The van der Waals surface area contributed by atoms with Crippen molar-refractivity contribution in [1.82, 2.24) is 0 Å². The van der Waals surface area contributed by atoms with E-state index in [-0.39, 0.29) is 12.5 Å². The summed E-state index contributed by atoms with van der Waals surface area (Å²) >= 11 is 0. The molecule has 5 nitrogen and oxygen atoms in total.